The first-order valence-corrected chi connectivity index (χ1v) is 18.3. The molecule has 5 rings (SSSR count). The Kier molecular flexibility index (Phi) is 12.7. The first kappa shape index (κ1) is 40.6. The van der Waals surface area contributed by atoms with E-state index in [-0.39, 0.29) is 24.1 Å². The van der Waals surface area contributed by atoms with Crippen molar-refractivity contribution in [3.05, 3.63) is 72.4 Å². The maximum Gasteiger partial charge on any atom is 0.410 e. The second kappa shape index (κ2) is 17.2. The highest BCUT2D eigenvalue weighted by Gasteiger charge is 2.47. The minimum atomic E-state index is -3.19. The Balaban J connectivity index is 1.33. The van der Waals surface area contributed by atoms with E-state index in [1.807, 2.05) is 58.2 Å². The standard InChI is InChI=1S/C40H48F2N8O5/c1-6-34(51)45-23-27-8-10-28(11-9-27)32-24-44-33-13-12-29(47(5)14-7-15-48-16-18-49(19-17-48)38(54)55-39(2,3)4)20-31(33)36(32)37(53)46-25-35(52)50-26-40(41,42)21-30(50)22-43/h6,8-13,20,24,30H,1,7,14-19,21,23,25-26H2,2-5H3,(H,45,51)(H,46,53)/t30-/m0/s1. The maximum atomic E-state index is 14.1. The summed E-state index contributed by atoms with van der Waals surface area (Å²) in [6.45, 7) is 12.0. The Bertz CT molecular complexity index is 1950. The zero-order valence-electron chi connectivity index (χ0n) is 31.7. The Morgan fingerprint density at radius 3 is 2.45 bits per heavy atom. The number of nitrogens with zero attached hydrogens (tertiary/aromatic N) is 6. The zero-order valence-corrected chi connectivity index (χ0v) is 31.7. The van der Waals surface area contributed by atoms with Gasteiger partial charge in [-0.25, -0.2) is 13.6 Å². The molecule has 15 heteroatoms. The van der Waals surface area contributed by atoms with Crippen molar-refractivity contribution < 1.29 is 32.7 Å². The lowest BCUT2D eigenvalue weighted by Gasteiger charge is -2.35. The molecule has 1 atom stereocenters. The van der Waals surface area contributed by atoms with Crippen molar-refractivity contribution in [2.45, 2.75) is 57.7 Å². The van der Waals surface area contributed by atoms with Crippen LogP contribution in [0.25, 0.3) is 22.0 Å². The van der Waals surface area contributed by atoms with Crippen LogP contribution in [-0.2, 0) is 20.9 Å². The molecular weight excluding hydrogens is 710 g/mol. The van der Waals surface area contributed by atoms with E-state index in [1.165, 1.54) is 6.08 Å². The number of hydrogen-bond donors (Lipinski definition) is 2. The lowest BCUT2D eigenvalue weighted by Crippen LogP contribution is -2.50. The second-order valence-electron chi connectivity index (χ2n) is 14.9. The van der Waals surface area contributed by atoms with Crippen LogP contribution in [-0.4, -0.2) is 120 Å². The number of alkyl halides is 2. The maximum absolute atomic E-state index is 14.1. The molecule has 0 radical (unpaired) electrons. The summed E-state index contributed by atoms with van der Waals surface area (Å²) in [6, 6.07) is 13.3. The molecule has 3 aromatic rings. The van der Waals surface area contributed by atoms with E-state index in [9.17, 15) is 33.2 Å². The van der Waals surface area contributed by atoms with Gasteiger partial charge in [-0.3, -0.25) is 24.3 Å². The molecule has 4 amide bonds. The third-order valence-electron chi connectivity index (χ3n) is 9.57. The van der Waals surface area contributed by atoms with E-state index in [1.54, 1.807) is 29.3 Å². The average Bonchev–Trinajstić information content (AvgIpc) is 3.49. The lowest BCUT2D eigenvalue weighted by molar-refractivity contribution is -0.131. The largest absolute Gasteiger partial charge is 0.444 e. The molecule has 2 fully saturated rings. The van der Waals surface area contributed by atoms with Crippen molar-refractivity contribution in [3.63, 3.8) is 0 Å². The summed E-state index contributed by atoms with van der Waals surface area (Å²) in [6.07, 6.45) is 2.55. The van der Waals surface area contributed by atoms with Crippen LogP contribution < -0.4 is 15.5 Å². The monoisotopic (exact) mass is 758 g/mol. The van der Waals surface area contributed by atoms with Crippen molar-refractivity contribution in [3.8, 4) is 17.2 Å². The number of nitrogens with one attached hydrogen (secondary N) is 2. The van der Waals surface area contributed by atoms with Gasteiger partial charge in [0.05, 0.1) is 30.2 Å². The molecule has 55 heavy (non-hydrogen) atoms. The van der Waals surface area contributed by atoms with Gasteiger partial charge in [-0.05, 0) is 69.1 Å². The van der Waals surface area contributed by atoms with Crippen LogP contribution in [0.5, 0.6) is 0 Å². The number of carbonyl (C=O) groups excluding carboxylic acids is 4. The van der Waals surface area contributed by atoms with E-state index in [4.69, 9.17) is 4.74 Å². The molecule has 2 aliphatic heterocycles. The van der Waals surface area contributed by atoms with Crippen LogP contribution in [0.2, 0.25) is 0 Å². The molecule has 0 saturated carbocycles. The topological polar surface area (TPSA) is 151 Å². The normalized spacial score (nSPS) is 17.0. The molecule has 0 bridgehead atoms. The number of piperazine rings is 1. The van der Waals surface area contributed by atoms with E-state index in [2.05, 4.69) is 32.0 Å². The number of rotatable bonds is 12. The number of likely N-dealkylation sites (tertiary alicyclic amines) is 1. The fourth-order valence-corrected chi connectivity index (χ4v) is 6.63. The van der Waals surface area contributed by atoms with Crippen molar-refractivity contribution in [2.75, 3.05) is 64.3 Å². The van der Waals surface area contributed by atoms with Gasteiger partial charge >= 0.3 is 6.09 Å². The van der Waals surface area contributed by atoms with Crippen LogP contribution in [0.15, 0.2) is 61.3 Å². The number of anilines is 1. The molecule has 13 nitrogen and oxygen atoms in total. The van der Waals surface area contributed by atoms with Gasteiger partial charge in [0, 0.05) is 75.6 Å². The first-order chi connectivity index (χ1) is 26.1. The van der Waals surface area contributed by atoms with Gasteiger partial charge in [0.1, 0.15) is 11.6 Å². The number of carbonyl (C=O) groups is 4. The summed E-state index contributed by atoms with van der Waals surface area (Å²) < 4.78 is 33.7. The average molecular weight is 759 g/mol. The van der Waals surface area contributed by atoms with Crippen molar-refractivity contribution in [2.24, 2.45) is 0 Å². The molecule has 2 saturated heterocycles. The molecule has 1 aromatic heterocycles. The number of pyridine rings is 1. The van der Waals surface area contributed by atoms with E-state index in [0.717, 1.165) is 42.2 Å². The lowest BCUT2D eigenvalue weighted by atomic mass is 9.96. The number of ether oxygens (including phenoxy) is 1. The molecule has 3 heterocycles. The van der Waals surface area contributed by atoms with Gasteiger partial charge in [0.2, 0.25) is 11.8 Å². The second-order valence-corrected chi connectivity index (χ2v) is 14.9. The van der Waals surface area contributed by atoms with Crippen molar-refractivity contribution >= 4 is 40.4 Å². The molecule has 2 aliphatic rings. The minimum absolute atomic E-state index is 0.243. The zero-order chi connectivity index (χ0) is 39.9. The van der Waals surface area contributed by atoms with Gasteiger partial charge in [-0.1, -0.05) is 30.8 Å². The van der Waals surface area contributed by atoms with Crippen LogP contribution in [0.4, 0.5) is 19.3 Å². The number of hydrogen-bond acceptors (Lipinski definition) is 9. The highest BCUT2D eigenvalue weighted by atomic mass is 19.3. The summed E-state index contributed by atoms with van der Waals surface area (Å²) in [5.41, 5.74) is 3.01. The summed E-state index contributed by atoms with van der Waals surface area (Å²) in [5.74, 6) is -4.89. The number of amides is 4. The van der Waals surface area contributed by atoms with Gasteiger partial charge < -0.3 is 30.1 Å². The molecule has 0 unspecified atom stereocenters. The predicted octanol–water partition coefficient (Wildman–Crippen LogP) is 4.57. The van der Waals surface area contributed by atoms with Gasteiger partial charge in [0.15, 0.2) is 0 Å². The minimum Gasteiger partial charge on any atom is -0.444 e. The fraction of sp³-hybridized carbons (Fsp3) is 0.450. The quantitative estimate of drug-likeness (QED) is 0.253. The van der Waals surface area contributed by atoms with Crippen LogP contribution in [0.3, 0.4) is 0 Å². The molecule has 2 N–H and O–H groups in total. The van der Waals surface area contributed by atoms with Gasteiger partial charge in [-0.2, -0.15) is 5.26 Å². The number of halogens is 2. The van der Waals surface area contributed by atoms with Crippen LogP contribution in [0.1, 0.15) is 49.5 Å². The van der Waals surface area contributed by atoms with Crippen molar-refractivity contribution in [1.29, 1.82) is 5.26 Å². The van der Waals surface area contributed by atoms with E-state index >= 15 is 0 Å². The van der Waals surface area contributed by atoms with E-state index in [0.29, 0.717) is 41.7 Å². The number of aromatic nitrogens is 1. The van der Waals surface area contributed by atoms with Gasteiger partial charge in [0.25, 0.3) is 11.8 Å². The summed E-state index contributed by atoms with van der Waals surface area (Å²) in [7, 11) is 1.96. The fourth-order valence-electron chi connectivity index (χ4n) is 6.63. The third kappa shape index (κ3) is 10.5. The Labute approximate surface area is 319 Å². The molecule has 0 spiro atoms. The third-order valence-corrected chi connectivity index (χ3v) is 9.57. The first-order valence-electron chi connectivity index (χ1n) is 18.3. The molecular formula is C40H48F2N8O5. The SMILES string of the molecule is C=CC(=O)NCc1ccc(-c2cnc3ccc(N(C)CCCN4CCN(C(=O)OC(C)(C)C)CC4)cc3c2C(=O)NCC(=O)N2CC(F)(F)C[C@H]2C#N)cc1. The molecule has 2 aromatic carbocycles. The summed E-state index contributed by atoms with van der Waals surface area (Å²) in [4.78, 5) is 62.8. The van der Waals surface area contributed by atoms with Crippen LogP contribution in [0, 0.1) is 11.3 Å². The smallest absolute Gasteiger partial charge is 0.410 e. The van der Waals surface area contributed by atoms with Crippen LogP contribution >= 0.6 is 0 Å². The predicted molar refractivity (Wildman–Crippen MR) is 204 cm³/mol. The molecule has 0 aliphatic carbocycles. The number of benzene rings is 2. The van der Waals surface area contributed by atoms with E-state index < -0.39 is 48.9 Å². The highest BCUT2D eigenvalue weighted by Crippen LogP contribution is 2.33. The number of nitriles is 1. The molecule has 292 valence electrons. The highest BCUT2D eigenvalue weighted by molar-refractivity contribution is 6.12. The van der Waals surface area contributed by atoms with Gasteiger partial charge in [-0.15, -0.1) is 0 Å². The summed E-state index contributed by atoms with van der Waals surface area (Å²) in [5, 5.41) is 15.2. The Morgan fingerprint density at radius 1 is 1.09 bits per heavy atom. The Hall–Kier alpha value is -5.62. The Morgan fingerprint density at radius 2 is 1.80 bits per heavy atom. The van der Waals surface area contributed by atoms with Crippen molar-refractivity contribution in [1.82, 2.24) is 30.3 Å². The summed E-state index contributed by atoms with van der Waals surface area (Å²) >= 11 is 0. The number of fused-ring (bicyclic) bond motifs is 1.